The van der Waals surface area contributed by atoms with Crippen LogP contribution in [0.15, 0.2) is 0 Å². The Balaban J connectivity index is -0.00000112. The van der Waals surface area contributed by atoms with E-state index in [1.807, 2.05) is 0 Å². The van der Waals surface area contributed by atoms with Gasteiger partial charge in [-0.05, 0) is 6.42 Å². The third kappa shape index (κ3) is 18.8. The molecule has 0 saturated carbocycles. The zero-order valence-corrected chi connectivity index (χ0v) is 13.6. The predicted molar refractivity (Wildman–Crippen MR) is 69.0 cm³/mol. The van der Waals surface area contributed by atoms with Gasteiger partial charge in [-0.2, -0.15) is 0 Å². The van der Waals surface area contributed by atoms with Crippen LogP contribution in [0, 0.1) is 0 Å². The summed E-state index contributed by atoms with van der Waals surface area (Å²) in [7, 11) is 0. The van der Waals surface area contributed by atoms with Gasteiger partial charge in [0.1, 0.15) is 0 Å². The zero-order valence-electron chi connectivity index (χ0n) is 12.6. The molecule has 0 atom stereocenters. The molecule has 2 N–H and O–H groups in total. The largest absolute Gasteiger partial charge is 1.00 e. The Morgan fingerprint density at radius 1 is 0.941 bits per heavy atom. The smallest absolute Gasteiger partial charge is 1.00 e. The molecule has 0 radical (unpaired) electrons. The summed E-state index contributed by atoms with van der Waals surface area (Å²) in [6.45, 7) is 2.84. The van der Waals surface area contributed by atoms with Gasteiger partial charge in [0, 0.05) is 6.54 Å². The summed E-state index contributed by atoms with van der Waals surface area (Å²) < 4.78 is 0. The van der Waals surface area contributed by atoms with E-state index in [2.05, 4.69) is 12.2 Å². The summed E-state index contributed by atoms with van der Waals surface area (Å²) in [6.07, 6.45) is 11.9. The molecule has 0 aromatic rings. The molecule has 0 saturated heterocycles. The van der Waals surface area contributed by atoms with Gasteiger partial charge in [0.25, 0.3) is 0 Å². The molecule has 0 spiro atoms. The van der Waals surface area contributed by atoms with Crippen LogP contribution in [-0.4, -0.2) is 17.7 Å². The van der Waals surface area contributed by atoms with Gasteiger partial charge in [0.15, 0.2) is 0 Å². The molecule has 0 unspecified atom stereocenters. The number of amides is 1. The van der Waals surface area contributed by atoms with Gasteiger partial charge >= 0.3 is 35.7 Å². The van der Waals surface area contributed by atoms with E-state index in [9.17, 15) is 4.79 Å². The maximum Gasteiger partial charge on any atom is 1.00 e. The van der Waals surface area contributed by atoms with Crippen molar-refractivity contribution in [3.63, 3.8) is 0 Å². The Kier molecular flexibility index (Phi) is 18.8. The monoisotopic (exact) mass is 253 g/mol. The molecule has 0 aliphatic carbocycles. The minimum absolute atomic E-state index is 0. The Morgan fingerprint density at radius 3 is 1.76 bits per heavy atom. The van der Waals surface area contributed by atoms with Crippen LogP contribution in [0.25, 0.3) is 0 Å². The van der Waals surface area contributed by atoms with E-state index < -0.39 is 6.09 Å². The van der Waals surface area contributed by atoms with Crippen LogP contribution in [0.1, 0.15) is 72.6 Å². The zero-order chi connectivity index (χ0) is 12.1. The number of hydrogen-bond acceptors (Lipinski definition) is 1. The minimum atomic E-state index is -0.907. The van der Waals surface area contributed by atoms with Gasteiger partial charge < -0.3 is 11.8 Å². The van der Waals surface area contributed by atoms with Crippen LogP contribution < -0.4 is 34.9 Å². The quantitative estimate of drug-likeness (QED) is 0.430. The van der Waals surface area contributed by atoms with Crippen molar-refractivity contribution in [2.75, 3.05) is 6.54 Å². The summed E-state index contributed by atoms with van der Waals surface area (Å²) in [5, 5.41) is 10.7. The maximum absolute atomic E-state index is 10.1. The van der Waals surface area contributed by atoms with E-state index in [0.29, 0.717) is 6.54 Å². The molecule has 17 heavy (non-hydrogen) atoms. The SMILES string of the molecule is CCCCCCCCCCCCNC(=O)O.[H-].[Na+]. The molecule has 0 bridgehead atoms. The molecule has 3 nitrogen and oxygen atoms in total. The summed E-state index contributed by atoms with van der Waals surface area (Å²) in [6, 6.07) is 0. The van der Waals surface area contributed by atoms with E-state index in [-0.39, 0.29) is 31.0 Å². The Morgan fingerprint density at radius 2 is 1.35 bits per heavy atom. The van der Waals surface area contributed by atoms with E-state index in [1.54, 1.807) is 0 Å². The second kappa shape index (κ2) is 16.3. The fraction of sp³-hybridized carbons (Fsp3) is 0.923. The molecule has 0 aromatic heterocycles. The first-order valence-corrected chi connectivity index (χ1v) is 6.74. The number of rotatable bonds is 11. The molecule has 0 aliphatic rings. The average molecular weight is 253 g/mol. The van der Waals surface area contributed by atoms with Gasteiger partial charge in [-0.1, -0.05) is 64.7 Å². The predicted octanol–water partition coefficient (Wildman–Crippen LogP) is 1.29. The third-order valence-corrected chi connectivity index (χ3v) is 2.81. The van der Waals surface area contributed by atoms with Gasteiger partial charge in [0.2, 0.25) is 0 Å². The van der Waals surface area contributed by atoms with E-state index >= 15 is 0 Å². The third-order valence-electron chi connectivity index (χ3n) is 2.81. The molecular formula is C13H28NNaO2. The molecule has 4 heteroatoms. The fourth-order valence-corrected chi connectivity index (χ4v) is 1.81. The van der Waals surface area contributed by atoms with Gasteiger partial charge in [0.05, 0.1) is 0 Å². The Hall–Kier alpha value is 0.270. The van der Waals surface area contributed by atoms with Crippen molar-refractivity contribution in [1.29, 1.82) is 0 Å². The van der Waals surface area contributed by atoms with Crippen molar-refractivity contribution in [2.45, 2.75) is 71.1 Å². The number of hydrogen-bond donors (Lipinski definition) is 2. The first-order valence-electron chi connectivity index (χ1n) is 6.74. The molecule has 0 aliphatic heterocycles. The Labute approximate surface area is 130 Å². The van der Waals surface area contributed by atoms with Gasteiger partial charge in [-0.15, -0.1) is 0 Å². The van der Waals surface area contributed by atoms with Crippen LogP contribution in [0.2, 0.25) is 0 Å². The van der Waals surface area contributed by atoms with Crippen molar-refractivity contribution < 1.29 is 40.9 Å². The van der Waals surface area contributed by atoms with Crippen molar-refractivity contribution in [3.05, 3.63) is 0 Å². The molecule has 0 aromatic carbocycles. The van der Waals surface area contributed by atoms with E-state index in [4.69, 9.17) is 5.11 Å². The molecule has 1 amide bonds. The van der Waals surface area contributed by atoms with Gasteiger partial charge in [-0.25, -0.2) is 4.79 Å². The molecule has 0 fully saturated rings. The van der Waals surface area contributed by atoms with E-state index in [0.717, 1.165) is 12.8 Å². The second-order valence-electron chi connectivity index (χ2n) is 4.41. The first-order chi connectivity index (χ1) is 7.77. The fourth-order valence-electron chi connectivity index (χ4n) is 1.81. The summed E-state index contributed by atoms with van der Waals surface area (Å²) in [5.41, 5.74) is 0. The normalized spacial score (nSPS) is 9.71. The van der Waals surface area contributed by atoms with E-state index in [1.165, 1.54) is 51.4 Å². The number of nitrogens with one attached hydrogen (secondary N) is 1. The number of carboxylic acid groups (broad SMARTS) is 1. The molecule has 0 heterocycles. The van der Waals surface area contributed by atoms with Crippen LogP contribution in [0.4, 0.5) is 4.79 Å². The van der Waals surface area contributed by atoms with Crippen LogP contribution in [0.3, 0.4) is 0 Å². The first kappa shape index (κ1) is 19.6. The average Bonchev–Trinajstić information content (AvgIpc) is 2.25. The number of carbonyl (C=O) groups is 1. The summed E-state index contributed by atoms with van der Waals surface area (Å²) >= 11 is 0. The molecular weight excluding hydrogens is 225 g/mol. The van der Waals surface area contributed by atoms with Crippen LogP contribution in [0.5, 0.6) is 0 Å². The van der Waals surface area contributed by atoms with Crippen LogP contribution in [-0.2, 0) is 0 Å². The van der Waals surface area contributed by atoms with Crippen molar-refractivity contribution in [1.82, 2.24) is 5.32 Å². The van der Waals surface area contributed by atoms with Crippen LogP contribution >= 0.6 is 0 Å². The maximum atomic E-state index is 10.1. The molecule has 0 rings (SSSR count). The standard InChI is InChI=1S/C13H27NO2.Na.H/c1-2-3-4-5-6-7-8-9-10-11-12-14-13(15)16;;/h14H,2-12H2,1H3,(H,15,16);;/q;+1;-1. The minimum Gasteiger partial charge on any atom is -1.00 e. The Bertz CT molecular complexity index is 171. The number of unbranched alkanes of at least 4 members (excludes halogenated alkanes) is 9. The van der Waals surface area contributed by atoms with Gasteiger partial charge in [-0.3, -0.25) is 0 Å². The van der Waals surface area contributed by atoms with Crippen molar-refractivity contribution in [2.24, 2.45) is 0 Å². The van der Waals surface area contributed by atoms with Crippen molar-refractivity contribution >= 4 is 6.09 Å². The topological polar surface area (TPSA) is 49.3 Å². The summed E-state index contributed by atoms with van der Waals surface area (Å²) in [4.78, 5) is 10.1. The second-order valence-corrected chi connectivity index (χ2v) is 4.41. The van der Waals surface area contributed by atoms with Crippen molar-refractivity contribution in [3.8, 4) is 0 Å². The molecule has 98 valence electrons. The summed E-state index contributed by atoms with van der Waals surface area (Å²) in [5.74, 6) is 0.